The van der Waals surface area contributed by atoms with Crippen LogP contribution in [0, 0.1) is 0 Å². The first-order chi connectivity index (χ1) is 16.5. The molecular formula is C28H35NO5. The maximum absolute atomic E-state index is 12.3. The van der Waals surface area contributed by atoms with Gasteiger partial charge in [0.2, 0.25) is 5.91 Å². The van der Waals surface area contributed by atoms with Gasteiger partial charge in [-0.15, -0.1) is 0 Å². The number of hydrogen-bond donors (Lipinski definition) is 2. The number of likely N-dealkylation sites (tertiary alicyclic amines) is 1. The number of amides is 1. The van der Waals surface area contributed by atoms with E-state index < -0.39 is 12.1 Å². The molecule has 2 N–H and O–H groups in total. The van der Waals surface area contributed by atoms with E-state index in [9.17, 15) is 14.7 Å². The van der Waals surface area contributed by atoms with E-state index in [0.29, 0.717) is 19.4 Å². The van der Waals surface area contributed by atoms with E-state index in [4.69, 9.17) is 9.84 Å². The number of ether oxygens (including phenoxy) is 1. The molecule has 1 unspecified atom stereocenters. The fraction of sp³-hybridized carbons (Fsp3) is 0.429. The van der Waals surface area contributed by atoms with Crippen LogP contribution in [-0.4, -0.2) is 46.7 Å². The molecule has 0 spiro atoms. The van der Waals surface area contributed by atoms with Crippen molar-refractivity contribution < 1.29 is 24.5 Å². The molecule has 2 atom stereocenters. The van der Waals surface area contributed by atoms with Crippen LogP contribution in [0.3, 0.4) is 0 Å². The van der Waals surface area contributed by atoms with Crippen molar-refractivity contribution >= 4 is 11.9 Å². The smallest absolute Gasteiger partial charge is 0.303 e. The average molecular weight is 466 g/mol. The fourth-order valence-electron chi connectivity index (χ4n) is 4.37. The van der Waals surface area contributed by atoms with Gasteiger partial charge in [0.25, 0.3) is 0 Å². The number of rotatable bonds is 13. The van der Waals surface area contributed by atoms with Crippen LogP contribution in [0.15, 0.2) is 60.7 Å². The lowest BCUT2D eigenvalue weighted by molar-refractivity contribution is -0.137. The van der Waals surface area contributed by atoms with Gasteiger partial charge >= 0.3 is 5.97 Å². The van der Waals surface area contributed by atoms with E-state index in [-0.39, 0.29) is 18.4 Å². The van der Waals surface area contributed by atoms with Crippen LogP contribution in [0.5, 0.6) is 5.75 Å². The molecule has 6 nitrogen and oxygen atoms in total. The molecule has 1 aliphatic heterocycles. The van der Waals surface area contributed by atoms with Crippen molar-refractivity contribution in [3.05, 3.63) is 77.4 Å². The summed E-state index contributed by atoms with van der Waals surface area (Å²) in [6, 6.07) is 15.9. The zero-order valence-electron chi connectivity index (χ0n) is 19.9. The molecule has 1 aliphatic rings. The minimum Gasteiger partial charge on any atom is -0.497 e. The van der Waals surface area contributed by atoms with Crippen molar-refractivity contribution in [2.75, 3.05) is 13.7 Å². The van der Waals surface area contributed by atoms with Crippen molar-refractivity contribution in [3.8, 4) is 5.75 Å². The first kappa shape index (κ1) is 25.5. The number of carboxylic acids is 1. The molecule has 2 aromatic rings. The largest absolute Gasteiger partial charge is 0.497 e. The highest BCUT2D eigenvalue weighted by Gasteiger charge is 2.28. The zero-order chi connectivity index (χ0) is 24.3. The van der Waals surface area contributed by atoms with E-state index in [1.165, 1.54) is 5.56 Å². The number of unbranched alkanes of at least 4 members (excludes halogenated alkanes) is 3. The van der Waals surface area contributed by atoms with Gasteiger partial charge in [0.15, 0.2) is 0 Å². The lowest BCUT2D eigenvalue weighted by Crippen LogP contribution is -2.32. The molecule has 6 heteroatoms. The first-order valence-corrected chi connectivity index (χ1v) is 12.1. The van der Waals surface area contributed by atoms with Crippen molar-refractivity contribution in [2.45, 2.75) is 63.5 Å². The molecule has 182 valence electrons. The second-order valence-electron chi connectivity index (χ2n) is 8.85. The number of aliphatic hydroxyl groups excluding tert-OH is 1. The second-order valence-corrected chi connectivity index (χ2v) is 8.85. The SMILES string of the molecule is COc1ccc(Cc2cccc(C(O)C=C[C@H]3CCC(=O)N3CCCCCCC(=O)O)c2)cc1. The topological polar surface area (TPSA) is 87.1 Å². The minimum absolute atomic E-state index is 0.00338. The summed E-state index contributed by atoms with van der Waals surface area (Å²) in [5.41, 5.74) is 3.12. The van der Waals surface area contributed by atoms with Gasteiger partial charge in [0.05, 0.1) is 19.3 Å². The predicted molar refractivity (Wildman–Crippen MR) is 132 cm³/mol. The molecule has 0 radical (unpaired) electrons. The van der Waals surface area contributed by atoms with Gasteiger partial charge in [-0.1, -0.05) is 61.4 Å². The number of aliphatic carboxylic acids is 1. The molecule has 1 heterocycles. The van der Waals surface area contributed by atoms with E-state index >= 15 is 0 Å². The quantitative estimate of drug-likeness (QED) is 0.324. The Morgan fingerprint density at radius 3 is 2.62 bits per heavy atom. The molecule has 1 amide bonds. The molecule has 34 heavy (non-hydrogen) atoms. The van der Waals surface area contributed by atoms with Gasteiger partial charge in [0, 0.05) is 19.4 Å². The molecule has 3 rings (SSSR count). The fourth-order valence-corrected chi connectivity index (χ4v) is 4.37. The number of hydrogen-bond acceptors (Lipinski definition) is 4. The number of benzene rings is 2. The third kappa shape index (κ3) is 7.73. The number of methoxy groups -OCH3 is 1. The summed E-state index contributed by atoms with van der Waals surface area (Å²) in [6.45, 7) is 0.675. The van der Waals surface area contributed by atoms with Gasteiger partial charge in [-0.25, -0.2) is 0 Å². The first-order valence-electron chi connectivity index (χ1n) is 12.1. The van der Waals surface area contributed by atoms with E-state index in [0.717, 1.165) is 49.0 Å². The third-order valence-corrected chi connectivity index (χ3v) is 6.29. The maximum Gasteiger partial charge on any atom is 0.303 e. The van der Waals surface area contributed by atoms with Crippen LogP contribution in [-0.2, 0) is 16.0 Å². The molecule has 0 saturated carbocycles. The molecule has 1 saturated heterocycles. The molecule has 0 bridgehead atoms. The number of nitrogens with zero attached hydrogens (tertiary/aromatic N) is 1. The van der Waals surface area contributed by atoms with E-state index in [1.54, 1.807) is 13.2 Å². The normalized spacial score (nSPS) is 16.8. The van der Waals surface area contributed by atoms with Gasteiger partial charge < -0.3 is 19.8 Å². The molecule has 0 aliphatic carbocycles. The van der Waals surface area contributed by atoms with Crippen LogP contribution in [0.25, 0.3) is 0 Å². The molecular weight excluding hydrogens is 430 g/mol. The summed E-state index contributed by atoms with van der Waals surface area (Å²) in [6.07, 6.45) is 8.59. The second kappa shape index (κ2) is 12.9. The maximum atomic E-state index is 12.3. The van der Waals surface area contributed by atoms with Gasteiger partial charge in [-0.05, 0) is 54.5 Å². The Hall–Kier alpha value is -3.12. The Balaban J connectivity index is 1.53. The lowest BCUT2D eigenvalue weighted by atomic mass is 10.00. The highest BCUT2D eigenvalue weighted by molar-refractivity contribution is 5.79. The Morgan fingerprint density at radius 1 is 1.12 bits per heavy atom. The molecule has 1 fully saturated rings. The standard InChI is InChI=1S/C28H35NO5/c1-34-25-14-10-21(11-15-25)19-22-7-6-8-23(20-22)26(30)16-12-24-13-17-27(31)29(24)18-5-3-2-4-9-28(32)33/h6-8,10-12,14-16,20,24,26,30H,2-5,9,13,17-19H2,1H3,(H,32,33)/t24-,26?/m0/s1. The number of aliphatic hydroxyl groups is 1. The van der Waals surface area contributed by atoms with E-state index in [2.05, 4.69) is 6.07 Å². The summed E-state index contributed by atoms with van der Waals surface area (Å²) in [5, 5.41) is 19.5. The van der Waals surface area contributed by atoms with Crippen LogP contribution in [0.4, 0.5) is 0 Å². The summed E-state index contributed by atoms with van der Waals surface area (Å²) < 4.78 is 5.21. The van der Waals surface area contributed by atoms with Crippen LogP contribution in [0.2, 0.25) is 0 Å². The summed E-state index contributed by atoms with van der Waals surface area (Å²) >= 11 is 0. The van der Waals surface area contributed by atoms with Crippen molar-refractivity contribution in [2.24, 2.45) is 0 Å². The number of carbonyl (C=O) groups excluding carboxylic acids is 1. The van der Waals surface area contributed by atoms with Crippen LogP contribution in [0.1, 0.15) is 67.7 Å². The molecule has 0 aromatic heterocycles. The molecule has 2 aromatic carbocycles. The van der Waals surface area contributed by atoms with Gasteiger partial charge in [-0.2, -0.15) is 0 Å². The van der Waals surface area contributed by atoms with E-state index in [1.807, 2.05) is 53.4 Å². The highest BCUT2D eigenvalue weighted by Crippen LogP contribution is 2.24. The Bertz CT molecular complexity index is 969. The predicted octanol–water partition coefficient (Wildman–Crippen LogP) is 4.90. The summed E-state index contributed by atoms with van der Waals surface area (Å²) in [5.74, 6) is 0.219. The van der Waals surface area contributed by atoms with Crippen molar-refractivity contribution in [1.29, 1.82) is 0 Å². The van der Waals surface area contributed by atoms with Crippen molar-refractivity contribution in [3.63, 3.8) is 0 Å². The minimum atomic E-state index is -0.759. The van der Waals surface area contributed by atoms with Crippen molar-refractivity contribution in [1.82, 2.24) is 4.90 Å². The Labute approximate surface area is 201 Å². The monoisotopic (exact) mass is 465 g/mol. The summed E-state index contributed by atoms with van der Waals surface area (Å²) in [4.78, 5) is 24.8. The number of carbonyl (C=O) groups is 2. The van der Waals surface area contributed by atoms with Gasteiger partial charge in [-0.3, -0.25) is 9.59 Å². The van der Waals surface area contributed by atoms with Gasteiger partial charge in [0.1, 0.15) is 5.75 Å². The average Bonchev–Trinajstić information content (AvgIpc) is 3.19. The van der Waals surface area contributed by atoms with Crippen LogP contribution < -0.4 is 4.74 Å². The Kier molecular flexibility index (Phi) is 9.71. The number of carboxylic acid groups (broad SMARTS) is 1. The third-order valence-electron chi connectivity index (χ3n) is 6.29. The Morgan fingerprint density at radius 2 is 1.88 bits per heavy atom. The lowest BCUT2D eigenvalue weighted by Gasteiger charge is -2.22. The van der Waals surface area contributed by atoms with Crippen LogP contribution >= 0.6 is 0 Å². The summed E-state index contributed by atoms with van der Waals surface area (Å²) in [7, 11) is 1.65. The zero-order valence-corrected chi connectivity index (χ0v) is 19.9. The highest BCUT2D eigenvalue weighted by atomic mass is 16.5.